The molecule has 1 saturated carbocycles. The van der Waals surface area contributed by atoms with E-state index in [9.17, 15) is 4.79 Å². The lowest BCUT2D eigenvalue weighted by Crippen LogP contribution is -2.10. The van der Waals surface area contributed by atoms with Crippen LogP contribution < -0.4 is 0 Å². The number of halogens is 2. The lowest BCUT2D eigenvalue weighted by Gasteiger charge is -2.01. The number of hydrogen-bond donors (Lipinski definition) is 0. The highest BCUT2D eigenvalue weighted by molar-refractivity contribution is 6.52. The Morgan fingerprint density at radius 1 is 1.35 bits per heavy atom. The molecule has 1 aliphatic rings. The van der Waals surface area contributed by atoms with Crippen LogP contribution in [0.1, 0.15) is 12.3 Å². The van der Waals surface area contributed by atoms with E-state index in [4.69, 9.17) is 32.4 Å². The maximum atomic E-state index is 11.6. The van der Waals surface area contributed by atoms with E-state index in [2.05, 4.69) is 10.2 Å². The average Bonchev–Trinajstić information content (AvgIpc) is 2.89. The van der Waals surface area contributed by atoms with Crippen LogP contribution in [0, 0.1) is 5.92 Å². The maximum Gasteiger partial charge on any atom is 0.312 e. The Kier molecular flexibility index (Phi) is 3.40. The summed E-state index contributed by atoms with van der Waals surface area (Å²) in [5.74, 6) is -0.309. The third-order valence-electron chi connectivity index (χ3n) is 2.94. The molecule has 2 aromatic rings. The van der Waals surface area contributed by atoms with Gasteiger partial charge in [-0.15, -0.1) is 33.4 Å². The summed E-state index contributed by atoms with van der Waals surface area (Å²) in [6, 6.07) is 9.33. The van der Waals surface area contributed by atoms with Gasteiger partial charge in [-0.05, 0) is 18.6 Å². The van der Waals surface area contributed by atoms with Crippen molar-refractivity contribution in [3.63, 3.8) is 0 Å². The van der Waals surface area contributed by atoms with Gasteiger partial charge in [0.1, 0.15) is 4.33 Å². The molecule has 0 amide bonds. The first-order valence-corrected chi connectivity index (χ1v) is 6.74. The Bertz CT molecular complexity index is 628. The van der Waals surface area contributed by atoms with E-state index in [0.29, 0.717) is 12.3 Å². The summed E-state index contributed by atoms with van der Waals surface area (Å²) in [5, 5.41) is 7.71. The van der Waals surface area contributed by atoms with E-state index in [0.717, 1.165) is 5.56 Å². The zero-order valence-corrected chi connectivity index (χ0v) is 11.8. The Balaban J connectivity index is 1.60. The summed E-state index contributed by atoms with van der Waals surface area (Å²) in [5.41, 5.74) is 0.806. The second kappa shape index (κ2) is 5.07. The molecule has 0 spiro atoms. The highest BCUT2D eigenvalue weighted by atomic mass is 35.5. The number of aromatic nitrogens is 2. The fourth-order valence-corrected chi connectivity index (χ4v) is 2.20. The predicted octanol–water partition coefficient (Wildman–Crippen LogP) is 2.97. The second-order valence-corrected chi connectivity index (χ2v) is 6.03. The van der Waals surface area contributed by atoms with Crippen LogP contribution in [0.2, 0.25) is 0 Å². The molecule has 0 bridgehead atoms. The predicted molar refractivity (Wildman–Crippen MR) is 72.1 cm³/mol. The quantitative estimate of drug-likeness (QED) is 0.641. The van der Waals surface area contributed by atoms with Crippen molar-refractivity contribution in [1.82, 2.24) is 10.2 Å². The van der Waals surface area contributed by atoms with Crippen LogP contribution >= 0.6 is 23.2 Å². The van der Waals surface area contributed by atoms with Crippen LogP contribution in [-0.4, -0.2) is 20.5 Å². The molecule has 1 aromatic carbocycles. The summed E-state index contributed by atoms with van der Waals surface area (Å²) >= 11 is 11.6. The maximum absolute atomic E-state index is 11.6. The molecule has 1 aliphatic carbocycles. The number of rotatable bonds is 4. The van der Waals surface area contributed by atoms with E-state index < -0.39 is 16.2 Å². The number of benzene rings is 1. The van der Waals surface area contributed by atoms with Gasteiger partial charge in [-0.1, -0.05) is 18.2 Å². The first-order chi connectivity index (χ1) is 9.56. The minimum atomic E-state index is -0.985. The molecule has 0 aliphatic heterocycles. The minimum absolute atomic E-state index is 0.0843. The van der Waals surface area contributed by atoms with Crippen molar-refractivity contribution < 1.29 is 13.9 Å². The first-order valence-electron chi connectivity index (χ1n) is 5.98. The minimum Gasteiger partial charge on any atom is -0.455 e. The van der Waals surface area contributed by atoms with Gasteiger partial charge in [0.05, 0.1) is 5.92 Å². The standard InChI is InChI=1S/C13H10Cl2N2O3/c14-13(15)6-9(13)12(18)19-7-10-16-17-11(20-10)8-4-2-1-3-5-8/h1-5,9H,6-7H2/t9-/m1/s1. The SMILES string of the molecule is O=C(OCc1nnc(-c2ccccc2)o1)[C@H]1CC1(Cl)Cl. The largest absolute Gasteiger partial charge is 0.455 e. The molecule has 1 fully saturated rings. The average molecular weight is 313 g/mol. The molecule has 3 rings (SSSR count). The number of esters is 1. The third kappa shape index (κ3) is 2.78. The molecular formula is C13H10Cl2N2O3. The zero-order chi connectivity index (χ0) is 14.2. The molecule has 5 nitrogen and oxygen atoms in total. The molecule has 1 heterocycles. The molecular weight excluding hydrogens is 303 g/mol. The van der Waals surface area contributed by atoms with Gasteiger partial charge in [-0.2, -0.15) is 0 Å². The third-order valence-corrected chi connectivity index (χ3v) is 3.77. The van der Waals surface area contributed by atoms with Gasteiger partial charge in [0, 0.05) is 5.56 Å². The van der Waals surface area contributed by atoms with E-state index in [1.54, 1.807) is 0 Å². The van der Waals surface area contributed by atoms with Gasteiger partial charge in [0.25, 0.3) is 5.89 Å². The topological polar surface area (TPSA) is 65.2 Å². The Morgan fingerprint density at radius 2 is 2.05 bits per heavy atom. The Hall–Kier alpha value is -1.59. The van der Waals surface area contributed by atoms with Crippen molar-refractivity contribution in [3.05, 3.63) is 36.2 Å². The molecule has 20 heavy (non-hydrogen) atoms. The smallest absolute Gasteiger partial charge is 0.312 e. The Labute approximate surface area is 124 Å². The van der Waals surface area contributed by atoms with Crippen LogP contribution in [-0.2, 0) is 16.1 Å². The van der Waals surface area contributed by atoms with Crippen LogP contribution in [0.25, 0.3) is 11.5 Å². The van der Waals surface area contributed by atoms with Crippen LogP contribution in [0.15, 0.2) is 34.7 Å². The summed E-state index contributed by atoms with van der Waals surface area (Å²) in [7, 11) is 0. The molecule has 1 aromatic heterocycles. The second-order valence-electron chi connectivity index (χ2n) is 4.49. The van der Waals surface area contributed by atoms with Crippen molar-refractivity contribution in [3.8, 4) is 11.5 Å². The molecule has 0 N–H and O–H groups in total. The lowest BCUT2D eigenvalue weighted by atomic mass is 10.2. The fourth-order valence-electron chi connectivity index (χ4n) is 1.71. The normalized spacial score (nSPS) is 19.6. The summed E-state index contributed by atoms with van der Waals surface area (Å²) in [6.07, 6.45) is 0.411. The number of hydrogen-bond acceptors (Lipinski definition) is 5. The van der Waals surface area contributed by atoms with Gasteiger partial charge in [-0.3, -0.25) is 4.79 Å². The first kappa shape index (κ1) is 13.4. The van der Waals surface area contributed by atoms with E-state index >= 15 is 0 Å². The summed E-state index contributed by atoms with van der Waals surface area (Å²) in [6.45, 7) is -0.0843. The lowest BCUT2D eigenvalue weighted by molar-refractivity contribution is -0.147. The summed E-state index contributed by atoms with van der Waals surface area (Å²) < 4.78 is 9.45. The van der Waals surface area contributed by atoms with Crippen molar-refractivity contribution in [2.45, 2.75) is 17.4 Å². The zero-order valence-electron chi connectivity index (χ0n) is 10.3. The molecule has 7 heteroatoms. The van der Waals surface area contributed by atoms with Crippen LogP contribution in [0.3, 0.4) is 0 Å². The van der Waals surface area contributed by atoms with Crippen LogP contribution in [0.4, 0.5) is 0 Å². The number of carbonyl (C=O) groups is 1. The Morgan fingerprint density at radius 3 is 2.70 bits per heavy atom. The molecule has 104 valence electrons. The molecule has 0 unspecified atom stereocenters. The highest BCUT2D eigenvalue weighted by Crippen LogP contribution is 2.53. The monoisotopic (exact) mass is 312 g/mol. The van der Waals surface area contributed by atoms with E-state index in [1.807, 2.05) is 30.3 Å². The van der Waals surface area contributed by atoms with Crippen molar-refractivity contribution >= 4 is 29.2 Å². The van der Waals surface area contributed by atoms with Gasteiger partial charge < -0.3 is 9.15 Å². The highest BCUT2D eigenvalue weighted by Gasteiger charge is 2.57. The number of nitrogens with zero attached hydrogens (tertiary/aromatic N) is 2. The summed E-state index contributed by atoms with van der Waals surface area (Å²) in [4.78, 5) is 11.6. The van der Waals surface area contributed by atoms with Gasteiger partial charge in [-0.25, -0.2) is 0 Å². The van der Waals surface area contributed by atoms with Crippen molar-refractivity contribution in [1.29, 1.82) is 0 Å². The molecule has 0 saturated heterocycles. The van der Waals surface area contributed by atoms with Gasteiger partial charge in [0.2, 0.25) is 5.89 Å². The van der Waals surface area contributed by atoms with E-state index in [1.165, 1.54) is 0 Å². The molecule has 0 radical (unpaired) electrons. The number of ether oxygens (including phenoxy) is 1. The van der Waals surface area contributed by atoms with E-state index in [-0.39, 0.29) is 12.5 Å². The van der Waals surface area contributed by atoms with Crippen LogP contribution in [0.5, 0.6) is 0 Å². The van der Waals surface area contributed by atoms with Gasteiger partial charge in [0.15, 0.2) is 6.61 Å². The van der Waals surface area contributed by atoms with Crippen molar-refractivity contribution in [2.75, 3.05) is 0 Å². The molecule has 1 atom stereocenters. The number of alkyl halides is 2. The van der Waals surface area contributed by atoms with Gasteiger partial charge >= 0.3 is 5.97 Å². The fraction of sp³-hybridized carbons (Fsp3) is 0.308. The van der Waals surface area contributed by atoms with Crippen molar-refractivity contribution in [2.24, 2.45) is 5.92 Å². The number of carbonyl (C=O) groups excluding carboxylic acids is 1.